The van der Waals surface area contributed by atoms with E-state index < -0.39 is 0 Å². The zero-order valence-electron chi connectivity index (χ0n) is 11.1. The van der Waals surface area contributed by atoms with Crippen LogP contribution in [0.2, 0.25) is 0 Å². The number of hydrogen-bond donors (Lipinski definition) is 2. The number of nitrogens with zero attached hydrogens (tertiary/aromatic N) is 1. The summed E-state index contributed by atoms with van der Waals surface area (Å²) in [5.74, 6) is 0.776. The summed E-state index contributed by atoms with van der Waals surface area (Å²) in [5.41, 5.74) is 9.50. The number of benzene rings is 2. The molecule has 0 radical (unpaired) electrons. The van der Waals surface area contributed by atoms with E-state index in [1.165, 1.54) is 0 Å². The average molecular weight is 265 g/mol. The highest BCUT2D eigenvalue weighted by molar-refractivity contribution is 5.98. The van der Waals surface area contributed by atoms with E-state index in [0.29, 0.717) is 5.69 Å². The zero-order valence-corrected chi connectivity index (χ0v) is 11.1. The lowest BCUT2D eigenvalue weighted by atomic mass is 10.1. The minimum absolute atomic E-state index is 0.682. The molecule has 1 heterocycles. The van der Waals surface area contributed by atoms with Crippen molar-refractivity contribution in [2.75, 3.05) is 18.2 Å². The fourth-order valence-electron chi connectivity index (χ4n) is 2.18. The van der Waals surface area contributed by atoms with Gasteiger partial charge in [-0.25, -0.2) is 0 Å². The van der Waals surface area contributed by atoms with Crippen LogP contribution in [0.5, 0.6) is 5.75 Å². The summed E-state index contributed by atoms with van der Waals surface area (Å²) in [6, 6.07) is 15.4. The molecule has 0 saturated carbocycles. The van der Waals surface area contributed by atoms with Gasteiger partial charge in [-0.05, 0) is 36.4 Å². The lowest BCUT2D eigenvalue weighted by Gasteiger charge is -2.13. The van der Waals surface area contributed by atoms with Crippen molar-refractivity contribution < 1.29 is 4.74 Å². The van der Waals surface area contributed by atoms with Gasteiger partial charge in [-0.2, -0.15) is 0 Å². The van der Waals surface area contributed by atoms with Gasteiger partial charge in [-0.1, -0.05) is 12.1 Å². The molecule has 3 aromatic rings. The molecular weight excluding hydrogens is 250 g/mol. The van der Waals surface area contributed by atoms with E-state index in [9.17, 15) is 0 Å². The van der Waals surface area contributed by atoms with Crippen molar-refractivity contribution in [2.24, 2.45) is 0 Å². The van der Waals surface area contributed by atoms with Gasteiger partial charge in [0, 0.05) is 11.6 Å². The van der Waals surface area contributed by atoms with Crippen LogP contribution in [0.4, 0.5) is 17.1 Å². The highest BCUT2D eigenvalue weighted by atomic mass is 16.5. The van der Waals surface area contributed by atoms with E-state index in [4.69, 9.17) is 10.5 Å². The van der Waals surface area contributed by atoms with Crippen LogP contribution in [0.3, 0.4) is 0 Å². The fraction of sp³-hybridized carbons (Fsp3) is 0.0625. The molecule has 0 amide bonds. The number of ether oxygens (including phenoxy) is 1. The molecule has 0 bridgehead atoms. The van der Waals surface area contributed by atoms with Gasteiger partial charge < -0.3 is 15.8 Å². The van der Waals surface area contributed by atoms with Crippen molar-refractivity contribution in [1.82, 2.24) is 4.98 Å². The molecule has 0 saturated heterocycles. The second kappa shape index (κ2) is 5.09. The van der Waals surface area contributed by atoms with Crippen LogP contribution in [0.25, 0.3) is 10.9 Å². The van der Waals surface area contributed by atoms with Crippen molar-refractivity contribution in [2.45, 2.75) is 0 Å². The number of fused-ring (bicyclic) bond motifs is 1. The Morgan fingerprint density at radius 3 is 2.70 bits per heavy atom. The second-order valence-corrected chi connectivity index (χ2v) is 4.42. The summed E-state index contributed by atoms with van der Waals surface area (Å²) in [6.07, 6.45) is 1.76. The van der Waals surface area contributed by atoms with E-state index in [0.717, 1.165) is 28.0 Å². The quantitative estimate of drug-likeness (QED) is 0.711. The molecule has 4 nitrogen and oxygen atoms in total. The molecule has 2 aromatic carbocycles. The highest BCUT2D eigenvalue weighted by Gasteiger charge is 2.07. The van der Waals surface area contributed by atoms with Gasteiger partial charge in [0.25, 0.3) is 0 Å². The van der Waals surface area contributed by atoms with Gasteiger partial charge >= 0.3 is 0 Å². The Hall–Kier alpha value is -2.75. The van der Waals surface area contributed by atoms with Crippen LogP contribution in [-0.2, 0) is 0 Å². The van der Waals surface area contributed by atoms with Crippen LogP contribution in [0.1, 0.15) is 0 Å². The molecule has 0 aliphatic carbocycles. The first kappa shape index (κ1) is 12.3. The maximum Gasteiger partial charge on any atom is 0.142 e. The summed E-state index contributed by atoms with van der Waals surface area (Å²) < 4.78 is 5.33. The first-order chi connectivity index (χ1) is 9.79. The number of anilines is 3. The summed E-state index contributed by atoms with van der Waals surface area (Å²) >= 11 is 0. The molecule has 3 rings (SSSR count). The Bertz CT molecular complexity index is 756. The predicted octanol–water partition coefficient (Wildman–Crippen LogP) is 3.57. The number of rotatable bonds is 3. The first-order valence-electron chi connectivity index (χ1n) is 6.33. The maximum atomic E-state index is 6.22. The number of hydrogen-bond acceptors (Lipinski definition) is 4. The third-order valence-corrected chi connectivity index (χ3v) is 3.20. The Morgan fingerprint density at radius 2 is 1.85 bits per heavy atom. The van der Waals surface area contributed by atoms with Gasteiger partial charge in [0.15, 0.2) is 0 Å². The summed E-state index contributed by atoms with van der Waals surface area (Å²) in [7, 11) is 1.65. The van der Waals surface area contributed by atoms with E-state index in [-0.39, 0.29) is 0 Å². The summed E-state index contributed by atoms with van der Waals surface area (Å²) in [6.45, 7) is 0. The number of para-hydroxylation sites is 2. The molecule has 1 aromatic heterocycles. The van der Waals surface area contributed by atoms with Crippen molar-refractivity contribution in [3.05, 3.63) is 54.7 Å². The molecule has 100 valence electrons. The van der Waals surface area contributed by atoms with E-state index in [1.807, 2.05) is 48.5 Å². The number of aromatic nitrogens is 1. The Balaban J connectivity index is 2.05. The molecule has 0 unspecified atom stereocenters. The number of nitrogen functional groups attached to an aromatic ring is 1. The van der Waals surface area contributed by atoms with Gasteiger partial charge in [0.2, 0.25) is 0 Å². The van der Waals surface area contributed by atoms with Crippen molar-refractivity contribution in [3.8, 4) is 5.75 Å². The lowest BCUT2D eigenvalue weighted by Crippen LogP contribution is -1.99. The standard InChI is InChI=1S/C16H15N3O/c1-20-15-7-3-2-6-13(15)19-14-9-8-12-11(16(14)17)5-4-10-18-12/h2-10,19H,17H2,1H3. The third kappa shape index (κ3) is 2.12. The molecule has 0 aliphatic rings. The van der Waals surface area contributed by atoms with E-state index in [1.54, 1.807) is 13.3 Å². The van der Waals surface area contributed by atoms with Gasteiger partial charge in [0.05, 0.1) is 29.7 Å². The summed E-state index contributed by atoms with van der Waals surface area (Å²) in [5, 5.41) is 4.24. The van der Waals surface area contributed by atoms with E-state index >= 15 is 0 Å². The zero-order chi connectivity index (χ0) is 13.9. The topological polar surface area (TPSA) is 60.2 Å². The van der Waals surface area contributed by atoms with Crippen LogP contribution in [0.15, 0.2) is 54.7 Å². The van der Waals surface area contributed by atoms with Crippen LogP contribution in [-0.4, -0.2) is 12.1 Å². The van der Waals surface area contributed by atoms with Crippen LogP contribution >= 0.6 is 0 Å². The second-order valence-electron chi connectivity index (χ2n) is 4.42. The number of pyridine rings is 1. The Morgan fingerprint density at radius 1 is 1.00 bits per heavy atom. The molecule has 4 heteroatoms. The van der Waals surface area contributed by atoms with Crippen LogP contribution < -0.4 is 15.8 Å². The monoisotopic (exact) mass is 265 g/mol. The molecule has 0 spiro atoms. The molecular formula is C16H15N3O. The molecule has 3 N–H and O–H groups in total. The van der Waals surface area contributed by atoms with Crippen molar-refractivity contribution >= 4 is 28.0 Å². The first-order valence-corrected chi connectivity index (χ1v) is 6.33. The molecule has 0 aliphatic heterocycles. The number of nitrogens with one attached hydrogen (secondary N) is 1. The largest absolute Gasteiger partial charge is 0.495 e. The highest BCUT2D eigenvalue weighted by Crippen LogP contribution is 2.33. The van der Waals surface area contributed by atoms with Crippen molar-refractivity contribution in [3.63, 3.8) is 0 Å². The average Bonchev–Trinajstić information content (AvgIpc) is 2.51. The third-order valence-electron chi connectivity index (χ3n) is 3.20. The molecule has 0 fully saturated rings. The fourth-order valence-corrected chi connectivity index (χ4v) is 2.18. The SMILES string of the molecule is COc1ccccc1Nc1ccc2ncccc2c1N. The van der Waals surface area contributed by atoms with Gasteiger partial charge in [0.1, 0.15) is 5.75 Å². The molecule has 20 heavy (non-hydrogen) atoms. The number of methoxy groups -OCH3 is 1. The molecule has 0 atom stereocenters. The predicted molar refractivity (Wildman–Crippen MR) is 82.4 cm³/mol. The van der Waals surface area contributed by atoms with Gasteiger partial charge in [-0.3, -0.25) is 4.98 Å². The minimum Gasteiger partial charge on any atom is -0.495 e. The van der Waals surface area contributed by atoms with E-state index in [2.05, 4.69) is 10.3 Å². The Kier molecular flexibility index (Phi) is 3.13. The normalized spacial score (nSPS) is 10.4. The van der Waals surface area contributed by atoms with Crippen LogP contribution in [0, 0.1) is 0 Å². The summed E-state index contributed by atoms with van der Waals surface area (Å²) in [4.78, 5) is 4.29. The minimum atomic E-state index is 0.682. The Labute approximate surface area is 117 Å². The van der Waals surface area contributed by atoms with Gasteiger partial charge in [-0.15, -0.1) is 0 Å². The lowest BCUT2D eigenvalue weighted by molar-refractivity contribution is 0.417. The van der Waals surface area contributed by atoms with Crippen molar-refractivity contribution in [1.29, 1.82) is 0 Å². The smallest absolute Gasteiger partial charge is 0.142 e. The maximum absolute atomic E-state index is 6.22. The number of nitrogens with two attached hydrogens (primary N) is 1.